The van der Waals surface area contributed by atoms with Gasteiger partial charge in [-0.15, -0.1) is 0 Å². The third kappa shape index (κ3) is 4.06. The number of fused-ring (bicyclic) bond motifs is 1. The molecule has 1 amide bonds. The number of benzene rings is 2. The predicted octanol–water partition coefficient (Wildman–Crippen LogP) is 4.34. The lowest BCUT2D eigenvalue weighted by atomic mass is 10.1. The molecule has 4 rings (SSSR count). The van der Waals surface area contributed by atoms with E-state index in [1.807, 2.05) is 72.2 Å². The first-order chi connectivity index (χ1) is 14.1. The molecule has 2 aromatic heterocycles. The summed E-state index contributed by atoms with van der Waals surface area (Å²) >= 11 is 0. The summed E-state index contributed by atoms with van der Waals surface area (Å²) in [7, 11) is 1.56. The molecule has 2 aromatic carbocycles. The van der Waals surface area contributed by atoms with Crippen LogP contribution in [0.25, 0.3) is 16.9 Å². The van der Waals surface area contributed by atoms with Gasteiger partial charge in [0.1, 0.15) is 5.65 Å². The highest BCUT2D eigenvalue weighted by atomic mass is 16.5. The minimum Gasteiger partial charge on any atom is -0.493 e. The Morgan fingerprint density at radius 1 is 1.03 bits per heavy atom. The van der Waals surface area contributed by atoms with Crippen LogP contribution in [0.15, 0.2) is 73.1 Å². The Morgan fingerprint density at radius 2 is 1.79 bits per heavy atom. The number of hydrogen-bond donors (Lipinski definition) is 1. The van der Waals surface area contributed by atoms with E-state index in [-0.39, 0.29) is 12.5 Å². The average Bonchev–Trinajstić information content (AvgIpc) is 3.19. The van der Waals surface area contributed by atoms with Crippen molar-refractivity contribution in [2.24, 2.45) is 0 Å². The number of nitrogens with zero attached hydrogens (tertiary/aromatic N) is 2. The van der Waals surface area contributed by atoms with Gasteiger partial charge < -0.3 is 19.2 Å². The SMILES string of the molecule is COc1ccccc1OCC(=O)Nc1ccc(-c2cn3cccc(C)c3n2)cc1. The predicted molar refractivity (Wildman–Crippen MR) is 112 cm³/mol. The van der Waals surface area contributed by atoms with E-state index in [0.29, 0.717) is 17.2 Å². The molecule has 0 radical (unpaired) electrons. The van der Waals surface area contributed by atoms with E-state index in [4.69, 9.17) is 14.5 Å². The summed E-state index contributed by atoms with van der Waals surface area (Å²) in [6.45, 7) is 1.94. The van der Waals surface area contributed by atoms with Crippen LogP contribution >= 0.6 is 0 Å². The van der Waals surface area contributed by atoms with Gasteiger partial charge in [-0.05, 0) is 42.8 Å². The fourth-order valence-corrected chi connectivity index (χ4v) is 3.10. The van der Waals surface area contributed by atoms with Crippen molar-refractivity contribution in [2.45, 2.75) is 6.92 Å². The Labute approximate surface area is 168 Å². The molecule has 146 valence electrons. The van der Waals surface area contributed by atoms with Crippen LogP contribution in [0.4, 0.5) is 5.69 Å². The van der Waals surface area contributed by atoms with Gasteiger partial charge in [-0.2, -0.15) is 0 Å². The highest BCUT2D eigenvalue weighted by Gasteiger charge is 2.09. The Morgan fingerprint density at radius 3 is 2.52 bits per heavy atom. The molecule has 6 heteroatoms. The number of nitrogens with one attached hydrogen (secondary N) is 1. The number of anilines is 1. The number of carbonyl (C=O) groups is 1. The maximum absolute atomic E-state index is 12.2. The summed E-state index contributed by atoms with van der Waals surface area (Å²) < 4.78 is 12.8. The van der Waals surface area contributed by atoms with Crippen molar-refractivity contribution < 1.29 is 14.3 Å². The Kier molecular flexibility index (Phi) is 5.16. The van der Waals surface area contributed by atoms with E-state index >= 15 is 0 Å². The summed E-state index contributed by atoms with van der Waals surface area (Å²) in [5.41, 5.74) is 4.63. The van der Waals surface area contributed by atoms with Crippen LogP contribution in [0, 0.1) is 6.92 Å². The van der Waals surface area contributed by atoms with Crippen molar-refractivity contribution in [3.8, 4) is 22.8 Å². The second-order valence-electron chi connectivity index (χ2n) is 6.61. The third-order valence-corrected chi connectivity index (χ3v) is 4.57. The smallest absolute Gasteiger partial charge is 0.262 e. The summed E-state index contributed by atoms with van der Waals surface area (Å²) in [6, 6.07) is 18.8. The molecule has 0 aliphatic carbocycles. The number of hydrogen-bond acceptors (Lipinski definition) is 4. The molecule has 0 bridgehead atoms. The van der Waals surface area contributed by atoms with Crippen molar-refractivity contribution in [2.75, 3.05) is 19.0 Å². The molecule has 0 aliphatic rings. The number of rotatable bonds is 6. The van der Waals surface area contributed by atoms with Crippen LogP contribution < -0.4 is 14.8 Å². The minimum atomic E-state index is -0.244. The van der Waals surface area contributed by atoms with E-state index in [2.05, 4.69) is 5.32 Å². The summed E-state index contributed by atoms with van der Waals surface area (Å²) in [4.78, 5) is 16.9. The number of pyridine rings is 1. The van der Waals surface area contributed by atoms with Gasteiger partial charge in [-0.3, -0.25) is 4.79 Å². The molecular formula is C23H21N3O3. The van der Waals surface area contributed by atoms with Gasteiger partial charge in [0.2, 0.25) is 0 Å². The summed E-state index contributed by atoms with van der Waals surface area (Å²) in [5, 5.41) is 2.83. The van der Waals surface area contributed by atoms with Crippen molar-refractivity contribution in [1.29, 1.82) is 0 Å². The van der Waals surface area contributed by atoms with E-state index in [9.17, 15) is 4.79 Å². The standard InChI is InChI=1S/C23H21N3O3/c1-16-6-5-13-26-14-19(25-23(16)26)17-9-11-18(12-10-17)24-22(27)15-29-21-8-4-3-7-20(21)28-2/h3-14H,15H2,1-2H3,(H,24,27). The van der Waals surface area contributed by atoms with E-state index in [1.54, 1.807) is 19.2 Å². The van der Waals surface area contributed by atoms with Crippen LogP contribution in [-0.4, -0.2) is 29.0 Å². The zero-order chi connectivity index (χ0) is 20.2. The van der Waals surface area contributed by atoms with Gasteiger partial charge in [0.15, 0.2) is 18.1 Å². The van der Waals surface area contributed by atoms with Crippen LogP contribution in [0.5, 0.6) is 11.5 Å². The molecule has 29 heavy (non-hydrogen) atoms. The molecule has 2 heterocycles. The zero-order valence-corrected chi connectivity index (χ0v) is 16.3. The molecule has 0 saturated carbocycles. The lowest BCUT2D eigenvalue weighted by Crippen LogP contribution is -2.20. The Balaban J connectivity index is 1.41. The number of aryl methyl sites for hydroxylation is 1. The first-order valence-electron chi connectivity index (χ1n) is 9.24. The van der Waals surface area contributed by atoms with E-state index in [0.717, 1.165) is 22.5 Å². The number of imidazole rings is 1. The molecule has 0 saturated heterocycles. The molecule has 1 N–H and O–H groups in total. The number of amides is 1. The monoisotopic (exact) mass is 387 g/mol. The number of aromatic nitrogens is 2. The molecule has 0 aliphatic heterocycles. The van der Waals surface area contributed by atoms with Gasteiger partial charge in [0, 0.05) is 23.6 Å². The number of methoxy groups -OCH3 is 1. The first-order valence-corrected chi connectivity index (χ1v) is 9.24. The zero-order valence-electron chi connectivity index (χ0n) is 16.3. The lowest BCUT2D eigenvalue weighted by molar-refractivity contribution is -0.118. The average molecular weight is 387 g/mol. The highest BCUT2D eigenvalue weighted by molar-refractivity contribution is 5.92. The fraction of sp³-hybridized carbons (Fsp3) is 0.130. The Hall–Kier alpha value is -3.80. The van der Waals surface area contributed by atoms with Gasteiger partial charge in [-0.1, -0.05) is 30.3 Å². The maximum Gasteiger partial charge on any atom is 0.262 e. The van der Waals surface area contributed by atoms with Gasteiger partial charge in [-0.25, -0.2) is 4.98 Å². The van der Waals surface area contributed by atoms with Crippen LogP contribution in [0.1, 0.15) is 5.56 Å². The van der Waals surface area contributed by atoms with Gasteiger partial charge in [0.25, 0.3) is 5.91 Å². The first kappa shape index (κ1) is 18.6. The topological polar surface area (TPSA) is 64.9 Å². The number of para-hydroxylation sites is 2. The fourth-order valence-electron chi connectivity index (χ4n) is 3.10. The van der Waals surface area contributed by atoms with Crippen LogP contribution in [0.3, 0.4) is 0 Å². The second kappa shape index (κ2) is 8.06. The summed E-state index contributed by atoms with van der Waals surface area (Å²) in [5.74, 6) is 0.877. The maximum atomic E-state index is 12.2. The van der Waals surface area contributed by atoms with E-state index in [1.165, 1.54) is 0 Å². The quantitative estimate of drug-likeness (QED) is 0.535. The van der Waals surface area contributed by atoms with Crippen LogP contribution in [-0.2, 0) is 4.79 Å². The molecule has 0 fully saturated rings. The van der Waals surface area contributed by atoms with Crippen molar-refractivity contribution >= 4 is 17.2 Å². The molecular weight excluding hydrogens is 366 g/mol. The number of ether oxygens (including phenoxy) is 2. The van der Waals surface area contributed by atoms with Crippen molar-refractivity contribution in [1.82, 2.24) is 9.38 Å². The largest absolute Gasteiger partial charge is 0.493 e. The van der Waals surface area contributed by atoms with Gasteiger partial charge >= 0.3 is 0 Å². The lowest BCUT2D eigenvalue weighted by Gasteiger charge is -2.10. The normalized spacial score (nSPS) is 10.7. The van der Waals surface area contributed by atoms with Crippen molar-refractivity contribution in [3.05, 3.63) is 78.6 Å². The molecule has 6 nitrogen and oxygen atoms in total. The molecule has 0 spiro atoms. The van der Waals surface area contributed by atoms with E-state index < -0.39 is 0 Å². The molecule has 0 unspecified atom stereocenters. The molecule has 0 atom stereocenters. The summed E-state index contributed by atoms with van der Waals surface area (Å²) in [6.07, 6.45) is 3.98. The minimum absolute atomic E-state index is 0.103. The number of carbonyl (C=O) groups excluding carboxylic acids is 1. The van der Waals surface area contributed by atoms with Gasteiger partial charge in [0.05, 0.1) is 12.8 Å². The Bertz CT molecular complexity index is 1150. The highest BCUT2D eigenvalue weighted by Crippen LogP contribution is 2.26. The molecule has 4 aromatic rings. The van der Waals surface area contributed by atoms with Crippen molar-refractivity contribution in [3.63, 3.8) is 0 Å². The second-order valence-corrected chi connectivity index (χ2v) is 6.61. The third-order valence-electron chi connectivity index (χ3n) is 4.57. The van der Waals surface area contributed by atoms with Crippen LogP contribution in [0.2, 0.25) is 0 Å².